The average molecular weight is 275 g/mol. The van der Waals surface area contributed by atoms with Crippen molar-refractivity contribution in [2.75, 3.05) is 5.75 Å². The molecule has 1 heterocycles. The SMILES string of the molecule is Brc1ccc2sccc2c1.CCS. The Morgan fingerprint density at radius 3 is 2.77 bits per heavy atom. The molecule has 0 bridgehead atoms. The van der Waals surface area contributed by atoms with E-state index in [0.717, 1.165) is 10.2 Å². The summed E-state index contributed by atoms with van der Waals surface area (Å²) in [6.07, 6.45) is 0. The van der Waals surface area contributed by atoms with E-state index in [1.54, 1.807) is 11.3 Å². The fraction of sp³-hybridized carbons (Fsp3) is 0.200. The molecule has 0 fully saturated rings. The molecule has 0 radical (unpaired) electrons. The highest BCUT2D eigenvalue weighted by atomic mass is 79.9. The van der Waals surface area contributed by atoms with Crippen LogP contribution in [0.5, 0.6) is 0 Å². The molecule has 2 rings (SSSR count). The second-order valence-electron chi connectivity index (χ2n) is 2.42. The zero-order chi connectivity index (χ0) is 9.68. The van der Waals surface area contributed by atoms with Gasteiger partial charge in [-0.1, -0.05) is 22.9 Å². The van der Waals surface area contributed by atoms with E-state index in [9.17, 15) is 0 Å². The predicted octanol–water partition coefficient (Wildman–Crippen LogP) is 4.60. The molecule has 0 saturated carbocycles. The fourth-order valence-corrected chi connectivity index (χ4v) is 2.09. The van der Waals surface area contributed by atoms with Crippen molar-refractivity contribution in [1.82, 2.24) is 0 Å². The van der Waals surface area contributed by atoms with Gasteiger partial charge in [0.05, 0.1) is 0 Å². The predicted molar refractivity (Wildman–Crippen MR) is 69.1 cm³/mol. The summed E-state index contributed by atoms with van der Waals surface area (Å²) in [6.45, 7) is 1.99. The lowest BCUT2D eigenvalue weighted by atomic mass is 10.3. The Morgan fingerprint density at radius 2 is 2.08 bits per heavy atom. The van der Waals surface area contributed by atoms with E-state index in [1.807, 2.05) is 6.92 Å². The van der Waals surface area contributed by atoms with E-state index < -0.39 is 0 Å². The molecule has 13 heavy (non-hydrogen) atoms. The van der Waals surface area contributed by atoms with Gasteiger partial charge in [-0.25, -0.2) is 0 Å². The van der Waals surface area contributed by atoms with Crippen molar-refractivity contribution >= 4 is 50.0 Å². The van der Waals surface area contributed by atoms with Crippen LogP contribution in [0.25, 0.3) is 10.1 Å². The number of thiol groups is 1. The molecule has 70 valence electrons. The number of rotatable bonds is 0. The summed E-state index contributed by atoms with van der Waals surface area (Å²) < 4.78 is 2.50. The summed E-state index contributed by atoms with van der Waals surface area (Å²) in [4.78, 5) is 0. The van der Waals surface area contributed by atoms with Crippen LogP contribution in [-0.4, -0.2) is 5.75 Å². The Bertz CT molecular complexity index is 368. The maximum atomic E-state index is 3.79. The first kappa shape index (κ1) is 11.1. The number of thiophene rings is 1. The average Bonchev–Trinajstić information content (AvgIpc) is 2.52. The van der Waals surface area contributed by atoms with Crippen LogP contribution in [-0.2, 0) is 0 Å². The van der Waals surface area contributed by atoms with Crippen LogP contribution in [0.1, 0.15) is 6.92 Å². The Balaban J connectivity index is 0.000000251. The molecule has 0 aliphatic rings. The Kier molecular flexibility index (Phi) is 4.84. The summed E-state index contributed by atoms with van der Waals surface area (Å²) in [5.74, 6) is 0.944. The van der Waals surface area contributed by atoms with Crippen molar-refractivity contribution in [2.45, 2.75) is 6.92 Å². The quantitative estimate of drug-likeness (QED) is 0.667. The van der Waals surface area contributed by atoms with Crippen LogP contribution in [0.15, 0.2) is 34.1 Å². The minimum absolute atomic E-state index is 0.944. The van der Waals surface area contributed by atoms with Crippen molar-refractivity contribution < 1.29 is 0 Å². The van der Waals surface area contributed by atoms with E-state index in [4.69, 9.17) is 0 Å². The molecule has 0 aliphatic carbocycles. The van der Waals surface area contributed by atoms with Gasteiger partial charge >= 0.3 is 0 Å². The normalized spacial score (nSPS) is 9.46. The maximum Gasteiger partial charge on any atom is 0.0343 e. The second kappa shape index (κ2) is 5.68. The fourth-order valence-electron chi connectivity index (χ4n) is 0.938. The second-order valence-corrected chi connectivity index (χ2v) is 4.91. The lowest BCUT2D eigenvalue weighted by Gasteiger charge is -1.88. The molecule has 1 aromatic carbocycles. The van der Waals surface area contributed by atoms with Crippen molar-refractivity contribution in [3.63, 3.8) is 0 Å². The molecule has 0 unspecified atom stereocenters. The minimum Gasteiger partial charge on any atom is -0.180 e. The molecule has 0 atom stereocenters. The zero-order valence-electron chi connectivity index (χ0n) is 7.33. The summed E-state index contributed by atoms with van der Waals surface area (Å²) in [5.41, 5.74) is 0. The molecular formula is C10H11BrS2. The molecule has 0 aliphatic heterocycles. The van der Waals surface area contributed by atoms with Crippen molar-refractivity contribution in [2.24, 2.45) is 0 Å². The molecule has 0 nitrogen and oxygen atoms in total. The van der Waals surface area contributed by atoms with Gasteiger partial charge in [0.1, 0.15) is 0 Å². The van der Waals surface area contributed by atoms with Crippen LogP contribution in [0.2, 0.25) is 0 Å². The van der Waals surface area contributed by atoms with Crippen molar-refractivity contribution in [3.05, 3.63) is 34.1 Å². The number of hydrogen-bond acceptors (Lipinski definition) is 2. The first-order valence-electron chi connectivity index (χ1n) is 4.01. The molecule has 0 amide bonds. The Morgan fingerprint density at radius 1 is 1.38 bits per heavy atom. The maximum absolute atomic E-state index is 3.79. The third kappa shape index (κ3) is 3.33. The Hall–Kier alpha value is 0.01000. The smallest absolute Gasteiger partial charge is 0.0343 e. The van der Waals surface area contributed by atoms with Crippen molar-refractivity contribution in [1.29, 1.82) is 0 Å². The van der Waals surface area contributed by atoms with Crippen LogP contribution in [0.4, 0.5) is 0 Å². The lowest BCUT2D eigenvalue weighted by Crippen LogP contribution is -1.61. The molecular weight excluding hydrogens is 264 g/mol. The standard InChI is InChI=1S/C8H5BrS.C2H6S/c9-7-1-2-8-6(5-7)3-4-10-8;1-2-3/h1-5H;3H,2H2,1H3. The van der Waals surface area contributed by atoms with E-state index in [-0.39, 0.29) is 0 Å². The van der Waals surface area contributed by atoms with E-state index in [2.05, 4.69) is 58.2 Å². The highest BCUT2D eigenvalue weighted by Crippen LogP contribution is 2.23. The van der Waals surface area contributed by atoms with Gasteiger partial charge < -0.3 is 0 Å². The van der Waals surface area contributed by atoms with E-state index in [0.29, 0.717) is 0 Å². The van der Waals surface area contributed by atoms with E-state index in [1.165, 1.54) is 10.1 Å². The zero-order valence-corrected chi connectivity index (χ0v) is 10.6. The van der Waals surface area contributed by atoms with Crippen molar-refractivity contribution in [3.8, 4) is 0 Å². The summed E-state index contributed by atoms with van der Waals surface area (Å²) in [7, 11) is 0. The van der Waals surface area contributed by atoms with Gasteiger partial charge in [-0.05, 0) is 40.8 Å². The molecule has 0 N–H and O–H groups in total. The minimum atomic E-state index is 0.944. The van der Waals surface area contributed by atoms with Gasteiger partial charge in [0.25, 0.3) is 0 Å². The molecule has 1 aromatic heterocycles. The van der Waals surface area contributed by atoms with Gasteiger partial charge in [-0.3, -0.25) is 0 Å². The van der Waals surface area contributed by atoms with Crippen LogP contribution >= 0.6 is 39.9 Å². The number of halogens is 1. The van der Waals surface area contributed by atoms with E-state index >= 15 is 0 Å². The monoisotopic (exact) mass is 274 g/mol. The van der Waals surface area contributed by atoms with Crippen LogP contribution in [0, 0.1) is 0 Å². The highest BCUT2D eigenvalue weighted by Gasteiger charge is 1.92. The first-order valence-corrected chi connectivity index (χ1v) is 6.32. The third-order valence-corrected chi connectivity index (χ3v) is 2.81. The van der Waals surface area contributed by atoms with Gasteiger partial charge in [-0.2, -0.15) is 12.6 Å². The summed E-state index contributed by atoms with van der Waals surface area (Å²) in [5, 5.41) is 3.43. The molecule has 2 aromatic rings. The highest BCUT2D eigenvalue weighted by molar-refractivity contribution is 9.10. The first-order chi connectivity index (χ1) is 6.27. The molecule has 3 heteroatoms. The van der Waals surface area contributed by atoms with Gasteiger partial charge in [0.15, 0.2) is 0 Å². The third-order valence-electron chi connectivity index (χ3n) is 1.41. The van der Waals surface area contributed by atoms with Gasteiger partial charge in [0.2, 0.25) is 0 Å². The summed E-state index contributed by atoms with van der Waals surface area (Å²) >= 11 is 8.99. The van der Waals surface area contributed by atoms with Gasteiger partial charge in [0, 0.05) is 9.17 Å². The summed E-state index contributed by atoms with van der Waals surface area (Å²) in [6, 6.07) is 8.46. The largest absolute Gasteiger partial charge is 0.180 e. The molecule has 0 spiro atoms. The Labute approximate surface area is 96.5 Å². The number of benzene rings is 1. The molecule has 0 saturated heterocycles. The van der Waals surface area contributed by atoms with Crippen LogP contribution in [0.3, 0.4) is 0 Å². The van der Waals surface area contributed by atoms with Crippen LogP contribution < -0.4 is 0 Å². The lowest BCUT2D eigenvalue weighted by molar-refractivity contribution is 1.54. The van der Waals surface area contributed by atoms with Gasteiger partial charge in [-0.15, -0.1) is 11.3 Å². The topological polar surface area (TPSA) is 0 Å². The number of fused-ring (bicyclic) bond motifs is 1. The number of hydrogen-bond donors (Lipinski definition) is 1.